The molecule has 1 aromatic heterocycles. The topological polar surface area (TPSA) is 30.3 Å². The zero-order valence-electron chi connectivity index (χ0n) is 13.5. The van der Waals surface area contributed by atoms with E-state index in [1.807, 2.05) is 6.07 Å². The average molecular weight is 299 g/mol. The number of nitrogens with zero attached hydrogens (tertiary/aromatic N) is 3. The van der Waals surface area contributed by atoms with Gasteiger partial charge in [-0.25, -0.2) is 4.98 Å². The smallest absolute Gasteiger partial charge is 0.109 e. The summed E-state index contributed by atoms with van der Waals surface area (Å²) in [6.45, 7) is 2.85. The summed E-state index contributed by atoms with van der Waals surface area (Å²) in [6.07, 6.45) is 5.98. The summed E-state index contributed by atoms with van der Waals surface area (Å²) in [5.74, 6) is 1.25. The SMILES string of the molecule is CO[C@@H](CN(C)Cc1cn2c(n1)CCCC2)c1ccccc1. The molecule has 4 heteroatoms. The van der Waals surface area contributed by atoms with Crippen LogP contribution in [0.3, 0.4) is 0 Å². The molecule has 1 aromatic carbocycles. The Hall–Kier alpha value is -1.65. The Labute approximate surface area is 132 Å². The summed E-state index contributed by atoms with van der Waals surface area (Å²) in [6, 6.07) is 10.4. The molecule has 1 aliphatic rings. The lowest BCUT2D eigenvalue weighted by Crippen LogP contribution is -2.25. The molecular formula is C18H25N3O. The number of hydrogen-bond donors (Lipinski definition) is 0. The highest BCUT2D eigenvalue weighted by Gasteiger charge is 2.16. The third kappa shape index (κ3) is 3.57. The van der Waals surface area contributed by atoms with Gasteiger partial charge in [0.2, 0.25) is 0 Å². The molecular weight excluding hydrogens is 274 g/mol. The van der Waals surface area contributed by atoms with Crippen molar-refractivity contribution in [3.05, 3.63) is 53.6 Å². The van der Waals surface area contributed by atoms with Crippen LogP contribution in [-0.2, 0) is 24.2 Å². The lowest BCUT2D eigenvalue weighted by atomic mass is 10.1. The Morgan fingerprint density at radius 2 is 2.09 bits per heavy atom. The van der Waals surface area contributed by atoms with Gasteiger partial charge >= 0.3 is 0 Å². The monoisotopic (exact) mass is 299 g/mol. The van der Waals surface area contributed by atoms with Gasteiger partial charge in [0.1, 0.15) is 5.82 Å². The van der Waals surface area contributed by atoms with Crippen LogP contribution in [0.4, 0.5) is 0 Å². The minimum absolute atomic E-state index is 0.100. The Morgan fingerprint density at radius 1 is 1.27 bits per heavy atom. The van der Waals surface area contributed by atoms with Crippen molar-refractivity contribution in [3.8, 4) is 0 Å². The van der Waals surface area contributed by atoms with Crippen LogP contribution in [0.15, 0.2) is 36.5 Å². The molecule has 3 rings (SSSR count). The van der Waals surface area contributed by atoms with Crippen molar-refractivity contribution in [2.75, 3.05) is 20.7 Å². The molecule has 2 heterocycles. The first-order chi connectivity index (χ1) is 10.8. The molecule has 22 heavy (non-hydrogen) atoms. The van der Waals surface area contributed by atoms with Crippen LogP contribution in [0.25, 0.3) is 0 Å². The number of aryl methyl sites for hydroxylation is 2. The zero-order valence-corrected chi connectivity index (χ0v) is 13.5. The number of hydrogen-bond acceptors (Lipinski definition) is 3. The minimum atomic E-state index is 0.100. The maximum Gasteiger partial charge on any atom is 0.109 e. The molecule has 0 bridgehead atoms. The molecule has 0 N–H and O–H groups in total. The van der Waals surface area contributed by atoms with E-state index in [1.165, 1.54) is 29.9 Å². The molecule has 0 fully saturated rings. The molecule has 2 aromatic rings. The largest absolute Gasteiger partial charge is 0.375 e. The first kappa shape index (κ1) is 15.3. The number of ether oxygens (including phenoxy) is 1. The van der Waals surface area contributed by atoms with Crippen molar-refractivity contribution in [2.24, 2.45) is 0 Å². The van der Waals surface area contributed by atoms with Gasteiger partial charge in [0.15, 0.2) is 0 Å². The van der Waals surface area contributed by atoms with Crippen LogP contribution in [0.1, 0.15) is 36.0 Å². The molecule has 0 saturated carbocycles. The van der Waals surface area contributed by atoms with Crippen molar-refractivity contribution in [1.29, 1.82) is 0 Å². The molecule has 0 radical (unpaired) electrons. The van der Waals surface area contributed by atoms with Crippen molar-refractivity contribution in [3.63, 3.8) is 0 Å². The molecule has 118 valence electrons. The fraction of sp³-hybridized carbons (Fsp3) is 0.500. The Bertz CT molecular complexity index is 570. The summed E-state index contributed by atoms with van der Waals surface area (Å²) >= 11 is 0. The number of fused-ring (bicyclic) bond motifs is 1. The highest BCUT2D eigenvalue weighted by atomic mass is 16.5. The molecule has 4 nitrogen and oxygen atoms in total. The summed E-state index contributed by atoms with van der Waals surface area (Å²) < 4.78 is 7.98. The Morgan fingerprint density at radius 3 is 2.82 bits per heavy atom. The molecule has 1 atom stereocenters. The molecule has 1 aliphatic heterocycles. The van der Waals surface area contributed by atoms with Gasteiger partial charge < -0.3 is 9.30 Å². The van der Waals surface area contributed by atoms with E-state index in [4.69, 9.17) is 9.72 Å². The summed E-state index contributed by atoms with van der Waals surface area (Å²) in [7, 11) is 3.91. The Balaban J connectivity index is 1.61. The van der Waals surface area contributed by atoms with Gasteiger partial charge in [0.25, 0.3) is 0 Å². The fourth-order valence-electron chi connectivity index (χ4n) is 3.16. The average Bonchev–Trinajstić information content (AvgIpc) is 2.95. The number of rotatable bonds is 6. The summed E-state index contributed by atoms with van der Waals surface area (Å²) in [5, 5.41) is 0. The number of likely N-dealkylation sites (N-methyl/N-ethyl adjacent to an activating group) is 1. The second-order valence-corrected chi connectivity index (χ2v) is 6.13. The minimum Gasteiger partial charge on any atom is -0.375 e. The maximum absolute atomic E-state index is 5.66. The van der Waals surface area contributed by atoms with E-state index in [9.17, 15) is 0 Å². The predicted molar refractivity (Wildman–Crippen MR) is 87.7 cm³/mol. The third-order valence-corrected chi connectivity index (χ3v) is 4.32. The highest BCUT2D eigenvalue weighted by Crippen LogP contribution is 2.19. The lowest BCUT2D eigenvalue weighted by molar-refractivity contribution is 0.0693. The van der Waals surface area contributed by atoms with Crippen molar-refractivity contribution in [2.45, 2.75) is 38.5 Å². The predicted octanol–water partition coefficient (Wildman–Crippen LogP) is 3.04. The quantitative estimate of drug-likeness (QED) is 0.821. The van der Waals surface area contributed by atoms with Crippen LogP contribution < -0.4 is 0 Å². The van der Waals surface area contributed by atoms with Gasteiger partial charge in [-0.2, -0.15) is 0 Å². The number of aromatic nitrogens is 2. The second kappa shape index (κ2) is 7.07. The normalized spacial score (nSPS) is 15.8. The van der Waals surface area contributed by atoms with Gasteiger partial charge in [-0.1, -0.05) is 30.3 Å². The molecule has 0 spiro atoms. The van der Waals surface area contributed by atoms with E-state index in [1.54, 1.807) is 7.11 Å². The molecule has 0 unspecified atom stereocenters. The standard InChI is InChI=1S/C18H25N3O/c1-20(14-17(22-2)15-8-4-3-5-9-15)12-16-13-21-11-7-6-10-18(21)19-16/h3-5,8-9,13,17H,6-7,10-12,14H2,1-2H3/t17-/m0/s1. The van der Waals surface area contributed by atoms with Crippen LogP contribution in [0.5, 0.6) is 0 Å². The number of benzene rings is 1. The Kier molecular flexibility index (Phi) is 4.90. The van der Waals surface area contributed by atoms with Crippen LogP contribution >= 0.6 is 0 Å². The van der Waals surface area contributed by atoms with Crippen LogP contribution in [-0.4, -0.2) is 35.2 Å². The van der Waals surface area contributed by atoms with E-state index in [2.05, 4.69) is 47.0 Å². The maximum atomic E-state index is 5.66. The lowest BCUT2D eigenvalue weighted by Gasteiger charge is -2.22. The second-order valence-electron chi connectivity index (χ2n) is 6.13. The first-order valence-corrected chi connectivity index (χ1v) is 8.07. The van der Waals surface area contributed by atoms with Crippen LogP contribution in [0.2, 0.25) is 0 Å². The van der Waals surface area contributed by atoms with E-state index in [0.29, 0.717) is 0 Å². The fourth-order valence-corrected chi connectivity index (χ4v) is 3.16. The van der Waals surface area contributed by atoms with E-state index >= 15 is 0 Å². The van der Waals surface area contributed by atoms with Crippen LogP contribution in [0, 0.1) is 0 Å². The highest BCUT2D eigenvalue weighted by molar-refractivity contribution is 5.18. The number of imidazole rings is 1. The summed E-state index contributed by atoms with van der Waals surface area (Å²) in [4.78, 5) is 7.06. The molecule has 0 aliphatic carbocycles. The van der Waals surface area contributed by atoms with Gasteiger partial charge in [-0.15, -0.1) is 0 Å². The van der Waals surface area contributed by atoms with Crippen molar-refractivity contribution in [1.82, 2.24) is 14.5 Å². The van der Waals surface area contributed by atoms with E-state index < -0.39 is 0 Å². The van der Waals surface area contributed by atoms with Gasteiger partial charge in [-0.05, 0) is 25.5 Å². The molecule has 0 amide bonds. The zero-order chi connectivity index (χ0) is 15.4. The van der Waals surface area contributed by atoms with Gasteiger partial charge in [-0.3, -0.25) is 4.90 Å². The number of methoxy groups -OCH3 is 1. The van der Waals surface area contributed by atoms with Crippen molar-refractivity contribution >= 4 is 0 Å². The summed E-state index contributed by atoms with van der Waals surface area (Å²) in [5.41, 5.74) is 2.39. The van der Waals surface area contributed by atoms with E-state index in [0.717, 1.165) is 26.1 Å². The third-order valence-electron chi connectivity index (χ3n) is 4.32. The first-order valence-electron chi connectivity index (χ1n) is 8.07. The molecule has 0 saturated heterocycles. The van der Waals surface area contributed by atoms with E-state index in [-0.39, 0.29) is 6.10 Å². The van der Waals surface area contributed by atoms with Crippen molar-refractivity contribution < 1.29 is 4.74 Å². The van der Waals surface area contributed by atoms with Gasteiger partial charge in [0.05, 0.1) is 11.8 Å². The van der Waals surface area contributed by atoms with Gasteiger partial charge in [0, 0.05) is 39.4 Å².